The summed E-state index contributed by atoms with van der Waals surface area (Å²) in [4.78, 5) is 30.0. The van der Waals surface area contributed by atoms with Crippen molar-refractivity contribution in [1.82, 2.24) is 0 Å². The van der Waals surface area contributed by atoms with Crippen LogP contribution in [0.25, 0.3) is 5.76 Å². The largest absolute Gasteiger partial charge is 0.507 e. The molecular weight excluding hydrogens is 447 g/mol. The Hall–Kier alpha value is -4.13. The third-order valence-electron chi connectivity index (χ3n) is 6.58. The molecule has 1 fully saturated rings. The quantitative estimate of drug-likeness (QED) is 0.334. The summed E-state index contributed by atoms with van der Waals surface area (Å²) in [6.07, 6.45) is 0.830. The lowest BCUT2D eigenvalue weighted by atomic mass is 9.94. The number of hydrogen-bond donors (Lipinski definition) is 1. The molecule has 35 heavy (non-hydrogen) atoms. The molecular formula is C28H25FN2O4. The topological polar surface area (TPSA) is 70.1 Å². The van der Waals surface area contributed by atoms with Crippen molar-refractivity contribution in [1.29, 1.82) is 0 Å². The highest BCUT2D eigenvalue weighted by Gasteiger charge is 2.47. The Kier molecular flexibility index (Phi) is 5.76. The van der Waals surface area contributed by atoms with E-state index in [1.165, 1.54) is 29.2 Å². The number of aliphatic hydroxyl groups is 1. The zero-order valence-corrected chi connectivity index (χ0v) is 19.5. The predicted octanol–water partition coefficient (Wildman–Crippen LogP) is 4.84. The monoisotopic (exact) mass is 472 g/mol. The van der Waals surface area contributed by atoms with Gasteiger partial charge in [-0.2, -0.15) is 0 Å². The van der Waals surface area contributed by atoms with Crippen LogP contribution in [0.4, 0.5) is 15.8 Å². The number of aryl methyl sites for hydroxylation is 1. The second kappa shape index (κ2) is 8.91. The maximum absolute atomic E-state index is 13.7. The molecule has 2 heterocycles. The molecule has 0 saturated carbocycles. The normalized spacial score (nSPS) is 19.0. The minimum Gasteiger partial charge on any atom is -0.507 e. The van der Waals surface area contributed by atoms with Gasteiger partial charge in [-0.15, -0.1) is 0 Å². The predicted molar refractivity (Wildman–Crippen MR) is 132 cm³/mol. The van der Waals surface area contributed by atoms with Crippen molar-refractivity contribution in [2.45, 2.75) is 19.4 Å². The standard InChI is InChI=1S/C28H25FN2O4/c1-3-17-4-11-21(12-5-17)31-25(18-6-9-20(29)10-7-18)24(27(33)28(31)34)26(32)19-8-13-23-22(16-19)30(2)14-15-35-23/h4-13,16,25,32H,3,14-15H2,1-2H3/b26-24-. The Balaban J connectivity index is 1.68. The van der Waals surface area contributed by atoms with E-state index in [0.717, 1.165) is 17.7 Å². The molecule has 6 nitrogen and oxygen atoms in total. The summed E-state index contributed by atoms with van der Waals surface area (Å²) >= 11 is 0. The number of carbonyl (C=O) groups excluding carboxylic acids is 2. The maximum Gasteiger partial charge on any atom is 0.300 e. The highest BCUT2D eigenvalue weighted by molar-refractivity contribution is 6.51. The molecule has 2 aliphatic rings. The number of benzene rings is 3. The van der Waals surface area contributed by atoms with E-state index < -0.39 is 23.5 Å². The highest BCUT2D eigenvalue weighted by atomic mass is 19.1. The number of carbonyl (C=O) groups is 2. The first-order valence-electron chi connectivity index (χ1n) is 11.5. The average molecular weight is 473 g/mol. The number of amides is 1. The Labute approximate surface area is 202 Å². The van der Waals surface area contributed by atoms with Crippen LogP contribution in [0.5, 0.6) is 5.75 Å². The van der Waals surface area contributed by atoms with Crippen LogP contribution in [0.1, 0.15) is 29.7 Å². The number of ether oxygens (including phenoxy) is 1. The van der Waals surface area contributed by atoms with Gasteiger partial charge < -0.3 is 14.7 Å². The van der Waals surface area contributed by atoms with E-state index in [-0.39, 0.29) is 11.3 Å². The number of Topliss-reactive ketones (excluding diaryl/α,β-unsaturated/α-hetero) is 1. The van der Waals surface area contributed by atoms with Crippen molar-refractivity contribution in [3.63, 3.8) is 0 Å². The van der Waals surface area contributed by atoms with Gasteiger partial charge >= 0.3 is 0 Å². The van der Waals surface area contributed by atoms with Crippen molar-refractivity contribution in [3.05, 3.63) is 94.8 Å². The Morgan fingerprint density at radius 3 is 2.46 bits per heavy atom. The van der Waals surface area contributed by atoms with Gasteiger partial charge in [0, 0.05) is 18.3 Å². The lowest BCUT2D eigenvalue weighted by Crippen LogP contribution is -2.29. The van der Waals surface area contributed by atoms with Crippen LogP contribution >= 0.6 is 0 Å². The van der Waals surface area contributed by atoms with Crippen LogP contribution in [0.15, 0.2) is 72.3 Å². The molecule has 1 saturated heterocycles. The van der Waals surface area contributed by atoms with Gasteiger partial charge in [0.15, 0.2) is 0 Å². The van der Waals surface area contributed by atoms with Crippen molar-refractivity contribution in [3.8, 4) is 5.75 Å². The average Bonchev–Trinajstić information content (AvgIpc) is 3.14. The third kappa shape index (κ3) is 3.93. The first-order chi connectivity index (χ1) is 16.9. The van der Waals surface area contributed by atoms with Crippen LogP contribution in [-0.2, 0) is 16.0 Å². The zero-order valence-electron chi connectivity index (χ0n) is 19.5. The molecule has 1 atom stereocenters. The van der Waals surface area contributed by atoms with Crippen molar-refractivity contribution < 1.29 is 23.8 Å². The van der Waals surface area contributed by atoms with Gasteiger partial charge in [-0.1, -0.05) is 31.2 Å². The number of halogens is 1. The van der Waals surface area contributed by atoms with Gasteiger partial charge in [-0.3, -0.25) is 14.5 Å². The van der Waals surface area contributed by atoms with E-state index in [1.54, 1.807) is 30.3 Å². The molecule has 2 aliphatic heterocycles. The summed E-state index contributed by atoms with van der Waals surface area (Å²) in [6, 6.07) is 17.2. The summed E-state index contributed by atoms with van der Waals surface area (Å²) < 4.78 is 19.4. The van der Waals surface area contributed by atoms with E-state index >= 15 is 0 Å². The lowest BCUT2D eigenvalue weighted by Gasteiger charge is -2.28. The number of rotatable bonds is 4. The molecule has 1 N–H and O–H groups in total. The fourth-order valence-electron chi connectivity index (χ4n) is 4.61. The van der Waals surface area contributed by atoms with E-state index in [4.69, 9.17) is 4.74 Å². The molecule has 1 unspecified atom stereocenters. The second-order valence-corrected chi connectivity index (χ2v) is 8.69. The molecule has 3 aromatic rings. The smallest absolute Gasteiger partial charge is 0.300 e. The van der Waals surface area contributed by atoms with Crippen molar-refractivity contribution >= 4 is 28.8 Å². The SMILES string of the molecule is CCc1ccc(N2C(=O)C(=O)/C(=C(\O)c3ccc4c(c3)N(C)CCO4)C2c2ccc(F)cc2)cc1. The first-order valence-corrected chi connectivity index (χ1v) is 11.5. The number of likely N-dealkylation sites (N-methyl/N-ethyl adjacent to an activating group) is 1. The van der Waals surface area contributed by atoms with Gasteiger partial charge in [-0.05, 0) is 60.0 Å². The first kappa shape index (κ1) is 22.7. The zero-order chi connectivity index (χ0) is 24.7. The van der Waals surface area contributed by atoms with E-state index in [9.17, 15) is 19.1 Å². The Morgan fingerprint density at radius 1 is 1.06 bits per heavy atom. The molecule has 178 valence electrons. The van der Waals surface area contributed by atoms with Gasteiger partial charge in [0.2, 0.25) is 0 Å². The molecule has 0 bridgehead atoms. The van der Waals surface area contributed by atoms with Gasteiger partial charge in [0.1, 0.15) is 23.9 Å². The number of aliphatic hydroxyl groups excluding tert-OH is 1. The van der Waals surface area contributed by atoms with Crippen molar-refractivity contribution in [2.24, 2.45) is 0 Å². The third-order valence-corrected chi connectivity index (χ3v) is 6.58. The molecule has 1 amide bonds. The number of anilines is 2. The molecule has 3 aromatic carbocycles. The van der Waals surface area contributed by atoms with Crippen LogP contribution in [-0.4, -0.2) is 37.0 Å². The van der Waals surface area contributed by atoms with Gasteiger partial charge in [0.25, 0.3) is 11.7 Å². The van der Waals surface area contributed by atoms with Gasteiger partial charge in [0.05, 0.1) is 23.8 Å². The number of hydrogen-bond acceptors (Lipinski definition) is 5. The lowest BCUT2D eigenvalue weighted by molar-refractivity contribution is -0.132. The fraction of sp³-hybridized carbons (Fsp3) is 0.214. The van der Waals surface area contributed by atoms with Crippen LogP contribution in [0.2, 0.25) is 0 Å². The summed E-state index contributed by atoms with van der Waals surface area (Å²) in [6.45, 7) is 3.27. The molecule has 0 aromatic heterocycles. The highest BCUT2D eigenvalue weighted by Crippen LogP contribution is 2.43. The summed E-state index contributed by atoms with van der Waals surface area (Å²) in [5.74, 6) is -1.58. The number of nitrogens with zero attached hydrogens (tertiary/aromatic N) is 2. The van der Waals surface area contributed by atoms with Crippen LogP contribution in [0.3, 0.4) is 0 Å². The second-order valence-electron chi connectivity index (χ2n) is 8.69. The minimum absolute atomic E-state index is 0.0412. The van der Waals surface area contributed by atoms with E-state index in [2.05, 4.69) is 0 Å². The summed E-state index contributed by atoms with van der Waals surface area (Å²) in [7, 11) is 1.92. The van der Waals surface area contributed by atoms with Crippen LogP contribution in [0, 0.1) is 5.82 Å². The number of ketones is 1. The molecule has 0 spiro atoms. The fourth-order valence-corrected chi connectivity index (χ4v) is 4.61. The molecule has 7 heteroatoms. The van der Waals surface area contributed by atoms with E-state index in [0.29, 0.717) is 35.7 Å². The van der Waals surface area contributed by atoms with E-state index in [1.807, 2.05) is 31.0 Å². The van der Waals surface area contributed by atoms with Crippen molar-refractivity contribution in [2.75, 3.05) is 30.0 Å². The van der Waals surface area contributed by atoms with Crippen LogP contribution < -0.4 is 14.5 Å². The Morgan fingerprint density at radius 2 is 1.77 bits per heavy atom. The molecule has 5 rings (SSSR count). The minimum atomic E-state index is -0.909. The summed E-state index contributed by atoms with van der Waals surface area (Å²) in [5.41, 5.74) is 3.27. The number of fused-ring (bicyclic) bond motifs is 1. The molecule has 0 aliphatic carbocycles. The maximum atomic E-state index is 13.7. The summed E-state index contributed by atoms with van der Waals surface area (Å²) in [5, 5.41) is 11.4. The molecule has 0 radical (unpaired) electrons. The Bertz CT molecular complexity index is 1330. The van der Waals surface area contributed by atoms with Gasteiger partial charge in [-0.25, -0.2) is 4.39 Å².